The van der Waals surface area contributed by atoms with Crippen LogP contribution in [0.2, 0.25) is 0 Å². The number of benzene rings is 1. The number of aliphatic hydroxyl groups is 1. The van der Waals surface area contributed by atoms with Gasteiger partial charge in [0.1, 0.15) is 18.0 Å². The predicted octanol–water partition coefficient (Wildman–Crippen LogP) is 1.80. The van der Waals surface area contributed by atoms with Gasteiger partial charge in [0, 0.05) is 22.9 Å². The number of hydrogen-bond donors (Lipinski definition) is 1. The molecule has 1 unspecified atom stereocenters. The van der Waals surface area contributed by atoms with Gasteiger partial charge in [-0.1, -0.05) is 24.3 Å². The number of ether oxygens (including phenoxy) is 1. The number of piperidine rings is 1. The van der Waals surface area contributed by atoms with Crippen LogP contribution in [-0.2, 0) is 11.8 Å². The summed E-state index contributed by atoms with van der Waals surface area (Å²) in [6.45, 7) is 3.22. The molecule has 0 saturated carbocycles. The third-order valence-electron chi connectivity index (χ3n) is 6.37. The third-order valence-corrected chi connectivity index (χ3v) is 6.37. The van der Waals surface area contributed by atoms with Gasteiger partial charge in [-0.25, -0.2) is 0 Å². The molecule has 4 aliphatic rings. The highest BCUT2D eigenvalue weighted by atomic mass is 16.5. The van der Waals surface area contributed by atoms with Gasteiger partial charge in [0.05, 0.1) is 0 Å². The molecule has 3 heteroatoms. The molecule has 3 nitrogen and oxygen atoms in total. The molecule has 5 atom stereocenters. The van der Waals surface area contributed by atoms with Crippen molar-refractivity contribution in [1.29, 1.82) is 0 Å². The van der Waals surface area contributed by atoms with Crippen LogP contribution in [0.1, 0.15) is 23.1 Å². The monoisotopic (exact) mass is 283 g/mol. The lowest BCUT2D eigenvalue weighted by atomic mass is 9.53. The minimum Gasteiger partial charge on any atom is -0.486 e. The number of rotatable bonds is 0. The maximum Gasteiger partial charge on any atom is 0.138 e. The van der Waals surface area contributed by atoms with E-state index < -0.39 is 6.10 Å². The van der Waals surface area contributed by atoms with Crippen molar-refractivity contribution in [2.45, 2.75) is 43.4 Å². The Hall–Kier alpha value is -1.32. The molecule has 2 aliphatic heterocycles. The highest BCUT2D eigenvalue weighted by Crippen LogP contribution is 2.61. The molecule has 5 rings (SSSR count). The van der Waals surface area contributed by atoms with Crippen molar-refractivity contribution in [3.8, 4) is 5.75 Å². The van der Waals surface area contributed by atoms with E-state index in [1.165, 1.54) is 16.7 Å². The van der Waals surface area contributed by atoms with Crippen LogP contribution in [0.3, 0.4) is 0 Å². The van der Waals surface area contributed by atoms with E-state index in [9.17, 15) is 5.11 Å². The Labute approximate surface area is 125 Å². The first kappa shape index (κ1) is 12.2. The van der Waals surface area contributed by atoms with Crippen molar-refractivity contribution in [3.63, 3.8) is 0 Å². The summed E-state index contributed by atoms with van der Waals surface area (Å²) < 4.78 is 6.34. The van der Waals surface area contributed by atoms with E-state index in [2.05, 4.69) is 37.1 Å². The summed E-state index contributed by atoms with van der Waals surface area (Å²) in [6.07, 6.45) is 5.83. The van der Waals surface area contributed by atoms with Gasteiger partial charge in [0.2, 0.25) is 0 Å². The van der Waals surface area contributed by atoms with E-state index in [0.29, 0.717) is 12.0 Å². The minimum atomic E-state index is -0.483. The Bertz CT molecular complexity index is 667. The second-order valence-electron chi connectivity index (χ2n) is 7.23. The smallest absolute Gasteiger partial charge is 0.138 e. The van der Waals surface area contributed by atoms with Gasteiger partial charge in [-0.2, -0.15) is 0 Å². The maximum absolute atomic E-state index is 10.5. The lowest BCUT2D eigenvalue weighted by Gasteiger charge is -2.56. The summed E-state index contributed by atoms with van der Waals surface area (Å²) in [7, 11) is 2.24. The molecule has 1 fully saturated rings. The van der Waals surface area contributed by atoms with Gasteiger partial charge in [0.25, 0.3) is 0 Å². The van der Waals surface area contributed by atoms with Gasteiger partial charge in [-0.15, -0.1) is 0 Å². The largest absolute Gasteiger partial charge is 0.486 e. The maximum atomic E-state index is 10.5. The number of aliphatic hydroxyl groups excluding tert-OH is 1. The number of likely N-dealkylation sites (tertiary alicyclic amines) is 1. The first-order chi connectivity index (χ1) is 10.1. The van der Waals surface area contributed by atoms with Gasteiger partial charge in [0.15, 0.2) is 0 Å². The van der Waals surface area contributed by atoms with Crippen LogP contribution in [0.15, 0.2) is 24.3 Å². The van der Waals surface area contributed by atoms with E-state index in [1.807, 2.05) is 6.08 Å². The zero-order valence-electron chi connectivity index (χ0n) is 12.5. The fourth-order valence-corrected chi connectivity index (χ4v) is 5.39. The first-order valence-corrected chi connectivity index (χ1v) is 7.99. The zero-order chi connectivity index (χ0) is 14.4. The second kappa shape index (κ2) is 3.71. The molecule has 0 aromatic heterocycles. The molecular formula is C18H21NO2. The summed E-state index contributed by atoms with van der Waals surface area (Å²) in [5, 5.41) is 10.5. The van der Waals surface area contributed by atoms with E-state index >= 15 is 0 Å². The minimum absolute atomic E-state index is 0.000278. The fraction of sp³-hybridized carbons (Fsp3) is 0.556. The molecule has 110 valence electrons. The number of likely N-dealkylation sites (N-methyl/N-ethyl adjacent to an activating group) is 1. The fourth-order valence-electron chi connectivity index (χ4n) is 5.39. The SMILES string of the molecule is Cc1ccc2c3c1O[C@H]1C(O)C=C[C@H]4[C@@H](C2)N(C)CC[C@]314. The molecule has 1 saturated heterocycles. The second-order valence-corrected chi connectivity index (χ2v) is 7.23. The molecule has 1 N–H and O–H groups in total. The molecule has 1 aromatic rings. The van der Waals surface area contributed by atoms with Crippen molar-refractivity contribution < 1.29 is 9.84 Å². The van der Waals surface area contributed by atoms with Crippen LogP contribution in [0.25, 0.3) is 0 Å². The van der Waals surface area contributed by atoms with Crippen molar-refractivity contribution in [1.82, 2.24) is 4.90 Å². The number of hydrogen-bond acceptors (Lipinski definition) is 3. The van der Waals surface area contributed by atoms with Gasteiger partial charge < -0.3 is 14.7 Å². The average molecular weight is 283 g/mol. The Morgan fingerprint density at radius 1 is 1.33 bits per heavy atom. The van der Waals surface area contributed by atoms with Crippen LogP contribution in [0.5, 0.6) is 5.75 Å². The van der Waals surface area contributed by atoms with Gasteiger partial charge in [-0.05, 0) is 44.5 Å². The van der Waals surface area contributed by atoms with E-state index in [4.69, 9.17) is 4.74 Å². The molecule has 2 bridgehead atoms. The van der Waals surface area contributed by atoms with Crippen molar-refractivity contribution in [3.05, 3.63) is 41.0 Å². The highest BCUT2D eigenvalue weighted by molar-refractivity contribution is 5.59. The van der Waals surface area contributed by atoms with Crippen molar-refractivity contribution in [2.75, 3.05) is 13.6 Å². The van der Waals surface area contributed by atoms with E-state index in [0.717, 1.165) is 25.1 Å². The summed E-state index contributed by atoms with van der Waals surface area (Å²) in [4.78, 5) is 2.50. The molecule has 1 aromatic carbocycles. The quantitative estimate of drug-likeness (QED) is 0.737. The lowest BCUT2D eigenvalue weighted by Crippen LogP contribution is -2.64. The first-order valence-electron chi connectivity index (χ1n) is 7.99. The van der Waals surface area contributed by atoms with Crippen LogP contribution < -0.4 is 4.74 Å². The molecular weight excluding hydrogens is 262 g/mol. The van der Waals surface area contributed by atoms with E-state index in [1.54, 1.807) is 0 Å². The lowest BCUT2D eigenvalue weighted by molar-refractivity contribution is -0.0451. The highest BCUT2D eigenvalue weighted by Gasteiger charge is 2.63. The predicted molar refractivity (Wildman–Crippen MR) is 80.6 cm³/mol. The number of nitrogens with zero attached hydrogens (tertiary/aromatic N) is 1. The van der Waals surface area contributed by atoms with Crippen LogP contribution >= 0.6 is 0 Å². The standard InChI is InChI=1S/C18H21NO2/c1-10-3-4-11-9-13-12-5-6-14(20)17-18(12,7-8-19(13)2)15(11)16(10)21-17/h3-6,12-14,17,20H,7-9H2,1-2H3/t12-,13+,14?,17-,18-/m0/s1. The Balaban J connectivity index is 1.84. The zero-order valence-corrected chi connectivity index (χ0v) is 12.5. The molecule has 0 amide bonds. The van der Waals surface area contributed by atoms with Crippen molar-refractivity contribution >= 4 is 0 Å². The van der Waals surface area contributed by atoms with Crippen LogP contribution in [-0.4, -0.2) is 41.8 Å². The normalized spacial score (nSPS) is 42.6. The molecule has 2 aliphatic carbocycles. The number of aryl methyl sites for hydroxylation is 1. The molecule has 2 heterocycles. The Morgan fingerprint density at radius 2 is 2.19 bits per heavy atom. The van der Waals surface area contributed by atoms with E-state index in [-0.39, 0.29) is 11.5 Å². The topological polar surface area (TPSA) is 32.7 Å². The van der Waals surface area contributed by atoms with Gasteiger partial charge >= 0.3 is 0 Å². The Morgan fingerprint density at radius 3 is 3.05 bits per heavy atom. The van der Waals surface area contributed by atoms with Crippen molar-refractivity contribution in [2.24, 2.45) is 5.92 Å². The third kappa shape index (κ3) is 1.24. The van der Waals surface area contributed by atoms with Gasteiger partial charge in [-0.3, -0.25) is 0 Å². The van der Waals surface area contributed by atoms with Crippen LogP contribution in [0.4, 0.5) is 0 Å². The molecule has 21 heavy (non-hydrogen) atoms. The molecule has 0 radical (unpaired) electrons. The average Bonchev–Trinajstić information content (AvgIpc) is 2.83. The summed E-state index contributed by atoms with van der Waals surface area (Å²) in [5.74, 6) is 1.54. The summed E-state index contributed by atoms with van der Waals surface area (Å²) >= 11 is 0. The Kier molecular flexibility index (Phi) is 2.16. The summed E-state index contributed by atoms with van der Waals surface area (Å²) in [5.41, 5.74) is 4.07. The molecule has 1 spiro atoms. The van der Waals surface area contributed by atoms with Crippen LogP contribution in [0, 0.1) is 12.8 Å². The summed E-state index contributed by atoms with van der Waals surface area (Å²) in [6, 6.07) is 5.00.